The number of urea groups is 1. The molecule has 1 aromatic carbocycles. The molecule has 3 N–H and O–H groups in total. The monoisotopic (exact) mass is 317 g/mol. The highest BCUT2D eigenvalue weighted by atomic mass is 16.5. The lowest BCUT2D eigenvalue weighted by atomic mass is 10.1. The third-order valence-electron chi connectivity index (χ3n) is 4.47. The van der Waals surface area contributed by atoms with E-state index in [2.05, 4.69) is 10.3 Å². The van der Waals surface area contributed by atoms with Crippen molar-refractivity contribution in [1.82, 2.24) is 15.2 Å². The van der Waals surface area contributed by atoms with Gasteiger partial charge in [-0.1, -0.05) is 6.07 Å². The van der Waals surface area contributed by atoms with E-state index in [1.54, 1.807) is 12.0 Å². The largest absolute Gasteiger partial charge is 0.496 e. The molecule has 1 atom stereocenters. The predicted molar refractivity (Wildman–Crippen MR) is 88.7 cm³/mol. The number of likely N-dealkylation sites (tertiary alicyclic amines) is 1. The zero-order valence-corrected chi connectivity index (χ0v) is 13.3. The van der Waals surface area contributed by atoms with Gasteiger partial charge in [-0.25, -0.2) is 4.79 Å². The van der Waals surface area contributed by atoms with Gasteiger partial charge in [-0.2, -0.15) is 0 Å². The lowest BCUT2D eigenvalue weighted by Gasteiger charge is -2.17. The molecule has 6 heteroatoms. The number of nitrogens with zero attached hydrogens (tertiary/aromatic N) is 1. The van der Waals surface area contributed by atoms with Crippen molar-refractivity contribution >= 4 is 16.9 Å². The first-order valence-electron chi connectivity index (χ1n) is 7.99. The van der Waals surface area contributed by atoms with E-state index in [4.69, 9.17) is 9.84 Å². The number of carbonyl (C=O) groups is 1. The van der Waals surface area contributed by atoms with Gasteiger partial charge in [0, 0.05) is 49.3 Å². The van der Waals surface area contributed by atoms with Gasteiger partial charge in [-0.05, 0) is 30.5 Å². The molecule has 0 aliphatic carbocycles. The Morgan fingerprint density at radius 3 is 3.13 bits per heavy atom. The molecule has 1 saturated heterocycles. The first-order valence-corrected chi connectivity index (χ1v) is 7.99. The number of hydrogen-bond acceptors (Lipinski definition) is 3. The maximum Gasteiger partial charge on any atom is 0.317 e. The van der Waals surface area contributed by atoms with E-state index < -0.39 is 0 Å². The molecule has 0 bridgehead atoms. The summed E-state index contributed by atoms with van der Waals surface area (Å²) in [6.07, 6.45) is 3.59. The maximum absolute atomic E-state index is 12.1. The maximum atomic E-state index is 12.1. The third-order valence-corrected chi connectivity index (χ3v) is 4.47. The van der Waals surface area contributed by atoms with Crippen molar-refractivity contribution in [1.29, 1.82) is 0 Å². The number of methoxy groups -OCH3 is 1. The lowest BCUT2D eigenvalue weighted by Crippen LogP contribution is -2.39. The Balaban J connectivity index is 1.58. The number of hydrogen-bond donors (Lipinski definition) is 3. The van der Waals surface area contributed by atoms with Crippen molar-refractivity contribution in [3.63, 3.8) is 0 Å². The molecule has 1 aliphatic rings. The van der Waals surface area contributed by atoms with E-state index in [1.807, 2.05) is 24.4 Å². The zero-order valence-electron chi connectivity index (χ0n) is 13.3. The summed E-state index contributed by atoms with van der Waals surface area (Å²) in [6.45, 7) is 2.09. The summed E-state index contributed by atoms with van der Waals surface area (Å²) in [4.78, 5) is 17.1. The average molecular weight is 317 g/mol. The van der Waals surface area contributed by atoms with Gasteiger partial charge in [-0.3, -0.25) is 0 Å². The number of benzene rings is 1. The molecule has 2 amide bonds. The van der Waals surface area contributed by atoms with Gasteiger partial charge in [0.1, 0.15) is 5.75 Å². The van der Waals surface area contributed by atoms with Crippen LogP contribution in [0.4, 0.5) is 4.79 Å². The summed E-state index contributed by atoms with van der Waals surface area (Å²) in [5.74, 6) is 1.06. The van der Waals surface area contributed by atoms with Gasteiger partial charge >= 0.3 is 6.03 Å². The van der Waals surface area contributed by atoms with Gasteiger partial charge in [0.25, 0.3) is 0 Å². The summed E-state index contributed by atoms with van der Waals surface area (Å²) in [5.41, 5.74) is 2.17. The summed E-state index contributed by atoms with van der Waals surface area (Å²) >= 11 is 0. The summed E-state index contributed by atoms with van der Waals surface area (Å²) in [7, 11) is 1.66. The van der Waals surface area contributed by atoms with Crippen LogP contribution in [0.1, 0.15) is 12.0 Å². The van der Waals surface area contributed by atoms with E-state index in [0.29, 0.717) is 13.1 Å². The van der Waals surface area contributed by atoms with E-state index in [0.717, 1.165) is 41.6 Å². The number of carbonyl (C=O) groups excluding carboxylic acids is 1. The molecule has 23 heavy (non-hydrogen) atoms. The quantitative estimate of drug-likeness (QED) is 0.786. The molecular formula is C17H23N3O3. The van der Waals surface area contributed by atoms with Crippen LogP contribution in [0.15, 0.2) is 24.4 Å². The van der Waals surface area contributed by atoms with Crippen molar-refractivity contribution in [2.75, 3.05) is 33.4 Å². The molecule has 0 unspecified atom stereocenters. The molecule has 6 nitrogen and oxygen atoms in total. The summed E-state index contributed by atoms with van der Waals surface area (Å²) in [6, 6.07) is 5.86. The minimum atomic E-state index is -0.0484. The van der Waals surface area contributed by atoms with E-state index in [1.165, 1.54) is 0 Å². The molecule has 2 heterocycles. The van der Waals surface area contributed by atoms with Gasteiger partial charge in [0.2, 0.25) is 0 Å². The predicted octanol–water partition coefficient (Wildman–Crippen LogP) is 1.74. The summed E-state index contributed by atoms with van der Waals surface area (Å²) in [5, 5.41) is 13.2. The van der Waals surface area contributed by atoms with Crippen LogP contribution in [0.2, 0.25) is 0 Å². The van der Waals surface area contributed by atoms with E-state index in [-0.39, 0.29) is 18.6 Å². The molecule has 0 radical (unpaired) electrons. The SMILES string of the molecule is COc1cccc2[nH]cc(CCNC(=O)N3CC[C@@H](CO)C3)c12. The van der Waals surface area contributed by atoms with Crippen LogP contribution >= 0.6 is 0 Å². The van der Waals surface area contributed by atoms with Crippen LogP contribution < -0.4 is 10.1 Å². The minimum Gasteiger partial charge on any atom is -0.496 e. The van der Waals surface area contributed by atoms with Gasteiger partial charge in [0.05, 0.1) is 7.11 Å². The molecular weight excluding hydrogens is 294 g/mol. The lowest BCUT2D eigenvalue weighted by molar-refractivity contribution is 0.198. The number of aliphatic hydroxyl groups is 1. The molecule has 1 aromatic heterocycles. The van der Waals surface area contributed by atoms with E-state index in [9.17, 15) is 4.79 Å². The highest BCUT2D eigenvalue weighted by Gasteiger charge is 2.25. The second kappa shape index (κ2) is 6.91. The number of nitrogens with one attached hydrogen (secondary N) is 2. The van der Waals surface area contributed by atoms with Gasteiger partial charge in [-0.15, -0.1) is 0 Å². The molecule has 2 aromatic rings. The number of aliphatic hydroxyl groups excluding tert-OH is 1. The Bertz CT molecular complexity index is 683. The molecule has 1 fully saturated rings. The zero-order chi connectivity index (χ0) is 16.2. The first-order chi connectivity index (χ1) is 11.2. The number of fused-ring (bicyclic) bond motifs is 1. The third kappa shape index (κ3) is 3.27. The van der Waals surface area contributed by atoms with Crippen molar-refractivity contribution in [3.8, 4) is 5.75 Å². The molecule has 0 spiro atoms. The fraction of sp³-hybridized carbons (Fsp3) is 0.471. The van der Waals surface area contributed by atoms with Crippen LogP contribution in [-0.2, 0) is 6.42 Å². The number of amides is 2. The number of H-pyrrole nitrogens is 1. The standard InChI is InChI=1S/C17H23N3O3/c1-23-15-4-2-3-14-16(15)13(9-19-14)5-7-18-17(22)20-8-6-12(10-20)11-21/h2-4,9,12,19,21H,5-8,10-11H2,1H3,(H,18,22)/t12-/m1/s1. The Hall–Kier alpha value is -2.21. The van der Waals surface area contributed by atoms with Crippen LogP contribution in [0, 0.1) is 5.92 Å². The van der Waals surface area contributed by atoms with Gasteiger partial charge in [0.15, 0.2) is 0 Å². The fourth-order valence-corrected chi connectivity index (χ4v) is 3.17. The molecule has 1 aliphatic heterocycles. The number of aromatic amines is 1. The second-order valence-electron chi connectivity index (χ2n) is 5.96. The number of aromatic nitrogens is 1. The Kier molecular flexibility index (Phi) is 4.71. The normalized spacial score (nSPS) is 17.7. The molecule has 124 valence electrons. The van der Waals surface area contributed by atoms with Crippen LogP contribution in [0.25, 0.3) is 10.9 Å². The average Bonchev–Trinajstić information content (AvgIpc) is 3.21. The highest BCUT2D eigenvalue weighted by Crippen LogP contribution is 2.28. The van der Waals surface area contributed by atoms with Crippen LogP contribution in [0.3, 0.4) is 0 Å². The first kappa shape index (κ1) is 15.7. The Labute approximate surface area is 135 Å². The fourth-order valence-electron chi connectivity index (χ4n) is 3.17. The molecule has 3 rings (SSSR count). The second-order valence-corrected chi connectivity index (χ2v) is 5.96. The highest BCUT2D eigenvalue weighted by molar-refractivity contribution is 5.89. The Morgan fingerprint density at radius 1 is 1.52 bits per heavy atom. The van der Waals surface area contributed by atoms with Crippen molar-refractivity contribution < 1.29 is 14.6 Å². The van der Waals surface area contributed by atoms with Crippen LogP contribution in [0.5, 0.6) is 5.75 Å². The van der Waals surface area contributed by atoms with E-state index >= 15 is 0 Å². The van der Waals surface area contributed by atoms with Crippen molar-refractivity contribution in [3.05, 3.63) is 30.0 Å². The number of ether oxygens (including phenoxy) is 1. The summed E-state index contributed by atoms with van der Waals surface area (Å²) < 4.78 is 5.42. The topological polar surface area (TPSA) is 77.6 Å². The minimum absolute atomic E-state index is 0.0484. The Morgan fingerprint density at radius 2 is 2.39 bits per heavy atom. The molecule has 0 saturated carbocycles. The van der Waals surface area contributed by atoms with Gasteiger partial charge < -0.3 is 25.0 Å². The smallest absolute Gasteiger partial charge is 0.317 e. The van der Waals surface area contributed by atoms with Crippen molar-refractivity contribution in [2.45, 2.75) is 12.8 Å². The van der Waals surface area contributed by atoms with Crippen LogP contribution in [-0.4, -0.2) is 54.4 Å². The number of rotatable bonds is 5. The van der Waals surface area contributed by atoms with Crippen molar-refractivity contribution in [2.24, 2.45) is 5.92 Å².